The number of nitrogens with zero attached hydrogens (tertiary/aromatic N) is 1. The SMILES string of the molecule is CC(C)CC(NS(=O)(=O)N1CCOC(C)(C)C1)C(=O)O. The molecule has 1 fully saturated rings. The molecule has 0 aromatic rings. The van der Waals surface area contributed by atoms with E-state index in [9.17, 15) is 13.2 Å². The fourth-order valence-corrected chi connectivity index (χ4v) is 3.60. The molecule has 0 radical (unpaired) electrons. The van der Waals surface area contributed by atoms with Gasteiger partial charge in [-0.3, -0.25) is 4.79 Å². The van der Waals surface area contributed by atoms with Crippen molar-refractivity contribution < 1.29 is 23.1 Å². The highest BCUT2D eigenvalue weighted by Crippen LogP contribution is 2.19. The van der Waals surface area contributed by atoms with E-state index in [1.165, 1.54) is 4.31 Å². The molecular formula is C12H24N2O5S. The van der Waals surface area contributed by atoms with E-state index in [2.05, 4.69) is 4.72 Å². The number of carbonyl (C=O) groups is 1. The van der Waals surface area contributed by atoms with Gasteiger partial charge in [0.05, 0.1) is 12.2 Å². The highest BCUT2D eigenvalue weighted by molar-refractivity contribution is 7.87. The highest BCUT2D eigenvalue weighted by Gasteiger charge is 2.36. The van der Waals surface area contributed by atoms with Crippen LogP contribution >= 0.6 is 0 Å². The molecule has 0 bridgehead atoms. The van der Waals surface area contributed by atoms with E-state index in [4.69, 9.17) is 9.84 Å². The number of hydrogen-bond acceptors (Lipinski definition) is 4. The molecule has 0 aromatic carbocycles. The first-order chi connectivity index (χ1) is 9.03. The maximum Gasteiger partial charge on any atom is 0.321 e. The zero-order valence-electron chi connectivity index (χ0n) is 12.4. The van der Waals surface area contributed by atoms with Crippen LogP contribution < -0.4 is 4.72 Å². The van der Waals surface area contributed by atoms with Gasteiger partial charge in [0, 0.05) is 13.1 Å². The third-order valence-electron chi connectivity index (χ3n) is 3.03. The Labute approximate surface area is 120 Å². The maximum atomic E-state index is 12.3. The quantitative estimate of drug-likeness (QED) is 0.742. The average Bonchev–Trinajstić information content (AvgIpc) is 2.25. The van der Waals surface area contributed by atoms with Crippen LogP contribution in [0.2, 0.25) is 0 Å². The fraction of sp³-hybridized carbons (Fsp3) is 0.917. The lowest BCUT2D eigenvalue weighted by atomic mass is 10.1. The van der Waals surface area contributed by atoms with Gasteiger partial charge in [-0.2, -0.15) is 17.4 Å². The summed E-state index contributed by atoms with van der Waals surface area (Å²) < 4.78 is 33.5. The predicted octanol–water partition coefficient (Wildman–Crippen LogP) is 0.431. The van der Waals surface area contributed by atoms with Gasteiger partial charge in [0.1, 0.15) is 6.04 Å². The first kappa shape index (κ1) is 17.4. The van der Waals surface area contributed by atoms with Gasteiger partial charge in [0.25, 0.3) is 10.2 Å². The van der Waals surface area contributed by atoms with Crippen molar-refractivity contribution in [3.8, 4) is 0 Å². The topological polar surface area (TPSA) is 95.9 Å². The fourth-order valence-electron chi connectivity index (χ4n) is 2.10. The molecule has 118 valence electrons. The molecule has 1 saturated heterocycles. The van der Waals surface area contributed by atoms with Gasteiger partial charge in [-0.25, -0.2) is 0 Å². The molecule has 2 N–H and O–H groups in total. The van der Waals surface area contributed by atoms with Gasteiger partial charge in [-0.15, -0.1) is 0 Å². The standard InChI is InChI=1S/C12H24N2O5S/c1-9(2)7-10(11(15)16)13-20(17,18)14-5-6-19-12(3,4)8-14/h9-10,13H,5-8H2,1-4H3,(H,15,16). The average molecular weight is 308 g/mol. The van der Waals surface area contributed by atoms with Crippen molar-refractivity contribution in [2.45, 2.75) is 45.8 Å². The van der Waals surface area contributed by atoms with E-state index in [-0.39, 0.29) is 25.4 Å². The van der Waals surface area contributed by atoms with Gasteiger partial charge in [-0.1, -0.05) is 13.8 Å². The summed E-state index contributed by atoms with van der Waals surface area (Å²) in [7, 11) is -3.82. The van der Waals surface area contributed by atoms with Crippen molar-refractivity contribution in [3.05, 3.63) is 0 Å². The predicted molar refractivity (Wildman–Crippen MR) is 74.5 cm³/mol. The Morgan fingerprint density at radius 3 is 2.50 bits per heavy atom. The largest absolute Gasteiger partial charge is 0.480 e. The molecule has 7 nitrogen and oxygen atoms in total. The number of carboxylic acid groups (broad SMARTS) is 1. The van der Waals surface area contributed by atoms with Gasteiger partial charge in [0.2, 0.25) is 0 Å². The van der Waals surface area contributed by atoms with E-state index < -0.39 is 27.8 Å². The first-order valence-electron chi connectivity index (χ1n) is 6.68. The molecule has 1 atom stereocenters. The lowest BCUT2D eigenvalue weighted by molar-refractivity contribution is -0.139. The monoisotopic (exact) mass is 308 g/mol. The van der Waals surface area contributed by atoms with Crippen molar-refractivity contribution in [2.24, 2.45) is 5.92 Å². The third-order valence-corrected chi connectivity index (χ3v) is 4.60. The minimum atomic E-state index is -3.82. The van der Waals surface area contributed by atoms with Crippen LogP contribution in [0.5, 0.6) is 0 Å². The van der Waals surface area contributed by atoms with Crippen LogP contribution in [-0.4, -0.2) is 55.1 Å². The molecule has 0 amide bonds. The summed E-state index contributed by atoms with van der Waals surface area (Å²) in [5.41, 5.74) is -0.566. The van der Waals surface area contributed by atoms with Crippen molar-refractivity contribution in [3.63, 3.8) is 0 Å². The van der Waals surface area contributed by atoms with E-state index in [1.807, 2.05) is 13.8 Å². The number of nitrogens with one attached hydrogen (secondary N) is 1. The molecule has 0 aromatic heterocycles. The van der Waals surface area contributed by atoms with Crippen LogP contribution in [0.1, 0.15) is 34.1 Å². The summed E-state index contributed by atoms with van der Waals surface area (Å²) >= 11 is 0. The van der Waals surface area contributed by atoms with E-state index in [1.54, 1.807) is 13.8 Å². The molecule has 0 saturated carbocycles. The van der Waals surface area contributed by atoms with Crippen LogP contribution in [0.4, 0.5) is 0 Å². The molecular weight excluding hydrogens is 284 g/mol. The second-order valence-corrected chi connectivity index (χ2v) is 7.79. The Morgan fingerprint density at radius 1 is 1.45 bits per heavy atom. The van der Waals surface area contributed by atoms with Crippen molar-refractivity contribution in [2.75, 3.05) is 19.7 Å². The summed E-state index contributed by atoms with van der Waals surface area (Å²) in [6, 6.07) is -1.11. The molecule has 8 heteroatoms. The minimum absolute atomic E-state index is 0.0833. The molecule has 1 rings (SSSR count). The molecule has 0 aliphatic carbocycles. The van der Waals surface area contributed by atoms with Crippen molar-refractivity contribution in [1.82, 2.24) is 9.03 Å². The molecule has 1 unspecified atom stereocenters. The number of hydrogen-bond donors (Lipinski definition) is 2. The molecule has 1 aliphatic rings. The van der Waals surface area contributed by atoms with Gasteiger partial charge >= 0.3 is 5.97 Å². The number of ether oxygens (including phenoxy) is 1. The highest BCUT2D eigenvalue weighted by atomic mass is 32.2. The lowest BCUT2D eigenvalue weighted by Crippen LogP contribution is -2.56. The van der Waals surface area contributed by atoms with Crippen LogP contribution in [0.15, 0.2) is 0 Å². The second-order valence-electron chi connectivity index (χ2n) is 6.08. The summed E-state index contributed by atoms with van der Waals surface area (Å²) in [6.45, 7) is 8.04. The maximum absolute atomic E-state index is 12.3. The number of aliphatic carboxylic acids is 1. The van der Waals surface area contributed by atoms with E-state index in [0.717, 1.165) is 0 Å². The van der Waals surface area contributed by atoms with Crippen LogP contribution in [0.25, 0.3) is 0 Å². The Hall–Kier alpha value is -0.700. The first-order valence-corrected chi connectivity index (χ1v) is 8.12. The Morgan fingerprint density at radius 2 is 2.05 bits per heavy atom. The number of morpholine rings is 1. The van der Waals surface area contributed by atoms with Crippen LogP contribution in [-0.2, 0) is 19.7 Å². The van der Waals surface area contributed by atoms with Crippen molar-refractivity contribution >= 4 is 16.2 Å². The summed E-state index contributed by atoms with van der Waals surface area (Å²) in [5.74, 6) is -1.07. The molecule has 0 spiro atoms. The van der Waals surface area contributed by atoms with Crippen molar-refractivity contribution in [1.29, 1.82) is 0 Å². The Kier molecular flexibility index (Phi) is 5.54. The van der Waals surface area contributed by atoms with Gasteiger partial charge < -0.3 is 9.84 Å². The zero-order chi connectivity index (χ0) is 15.6. The molecule has 20 heavy (non-hydrogen) atoms. The van der Waals surface area contributed by atoms with E-state index in [0.29, 0.717) is 6.61 Å². The number of rotatable bonds is 6. The van der Waals surface area contributed by atoms with Crippen LogP contribution in [0.3, 0.4) is 0 Å². The molecule has 1 aliphatic heterocycles. The zero-order valence-corrected chi connectivity index (χ0v) is 13.2. The lowest BCUT2D eigenvalue weighted by Gasteiger charge is -2.37. The van der Waals surface area contributed by atoms with Crippen LogP contribution in [0, 0.1) is 5.92 Å². The smallest absolute Gasteiger partial charge is 0.321 e. The summed E-state index contributed by atoms with van der Waals surface area (Å²) in [6.07, 6.45) is 0.252. The Balaban J connectivity index is 2.79. The number of carboxylic acids is 1. The summed E-state index contributed by atoms with van der Waals surface area (Å²) in [4.78, 5) is 11.2. The van der Waals surface area contributed by atoms with E-state index >= 15 is 0 Å². The molecule has 1 heterocycles. The van der Waals surface area contributed by atoms with Gasteiger partial charge in [0.15, 0.2) is 0 Å². The van der Waals surface area contributed by atoms with Gasteiger partial charge in [-0.05, 0) is 26.2 Å². The summed E-state index contributed by atoms with van der Waals surface area (Å²) in [5, 5.41) is 9.12. The third kappa shape index (κ3) is 5.01. The normalized spacial score (nSPS) is 21.9. The minimum Gasteiger partial charge on any atom is -0.480 e. The second kappa shape index (κ2) is 6.38. The Bertz CT molecular complexity index is 447.